The third kappa shape index (κ3) is 6.96. The Hall–Kier alpha value is -1.15. The predicted molar refractivity (Wildman–Crippen MR) is 43.5 cm³/mol. The lowest BCUT2D eigenvalue weighted by molar-refractivity contribution is -0.147. The second kappa shape index (κ2) is 6.55. The van der Waals surface area contributed by atoms with Crippen molar-refractivity contribution < 1.29 is 14.3 Å². The molecule has 0 aromatic carbocycles. The van der Waals surface area contributed by atoms with Gasteiger partial charge < -0.3 is 4.74 Å². The maximum Gasteiger partial charge on any atom is 0.306 e. The molecule has 0 unspecified atom stereocenters. The molecule has 0 spiro atoms. The van der Waals surface area contributed by atoms with E-state index in [0.717, 1.165) is 0 Å². The van der Waals surface area contributed by atoms with Crippen molar-refractivity contribution in [1.29, 1.82) is 0 Å². The van der Waals surface area contributed by atoms with Gasteiger partial charge in [0.15, 0.2) is 0 Å². The number of rotatable bonds is 5. The highest BCUT2D eigenvalue weighted by Gasteiger charge is 2.03. The molecule has 0 aliphatic heterocycles. The largest absolute Gasteiger partial charge is 0.463 e. The minimum Gasteiger partial charge on any atom is -0.463 e. The highest BCUT2D eigenvalue weighted by Crippen LogP contribution is 1.96. The van der Waals surface area contributed by atoms with Gasteiger partial charge in [0.2, 0.25) is 6.08 Å². The Kier molecular flexibility index (Phi) is 5.93. The number of hydrogen-bond donors (Lipinski definition) is 0. The SMILES string of the molecule is CC(C)OC(=O)CCCN=C=O. The van der Waals surface area contributed by atoms with E-state index in [1.54, 1.807) is 13.8 Å². The second-order valence-corrected chi connectivity index (χ2v) is 2.62. The molecule has 12 heavy (non-hydrogen) atoms. The summed E-state index contributed by atoms with van der Waals surface area (Å²) in [4.78, 5) is 23.8. The summed E-state index contributed by atoms with van der Waals surface area (Å²) in [6.07, 6.45) is 2.18. The van der Waals surface area contributed by atoms with Crippen LogP contribution in [0.25, 0.3) is 0 Å². The maximum atomic E-state index is 10.9. The first kappa shape index (κ1) is 10.8. The van der Waals surface area contributed by atoms with Gasteiger partial charge in [0.05, 0.1) is 12.6 Å². The molecular weight excluding hydrogens is 158 g/mol. The van der Waals surface area contributed by atoms with Gasteiger partial charge in [-0.2, -0.15) is 0 Å². The van der Waals surface area contributed by atoms with Crippen LogP contribution >= 0.6 is 0 Å². The molecule has 0 N–H and O–H groups in total. The Morgan fingerprint density at radius 2 is 2.25 bits per heavy atom. The zero-order valence-electron chi connectivity index (χ0n) is 7.37. The van der Waals surface area contributed by atoms with Crippen LogP contribution in [0.5, 0.6) is 0 Å². The zero-order valence-corrected chi connectivity index (χ0v) is 7.37. The first-order valence-electron chi connectivity index (χ1n) is 3.90. The van der Waals surface area contributed by atoms with Crippen LogP contribution in [0.2, 0.25) is 0 Å². The van der Waals surface area contributed by atoms with E-state index in [2.05, 4.69) is 4.99 Å². The highest BCUT2D eigenvalue weighted by molar-refractivity contribution is 5.69. The van der Waals surface area contributed by atoms with Crippen LogP contribution < -0.4 is 0 Å². The van der Waals surface area contributed by atoms with E-state index in [0.29, 0.717) is 19.4 Å². The monoisotopic (exact) mass is 171 g/mol. The number of isocyanates is 1. The van der Waals surface area contributed by atoms with Crippen molar-refractivity contribution in [3.63, 3.8) is 0 Å². The topological polar surface area (TPSA) is 55.7 Å². The summed E-state index contributed by atoms with van der Waals surface area (Å²) < 4.78 is 4.85. The van der Waals surface area contributed by atoms with Gasteiger partial charge in [0, 0.05) is 6.42 Å². The number of esters is 1. The highest BCUT2D eigenvalue weighted by atomic mass is 16.5. The fraction of sp³-hybridized carbons (Fsp3) is 0.750. The van der Waals surface area contributed by atoms with Crippen molar-refractivity contribution in [2.24, 2.45) is 4.99 Å². The average molecular weight is 171 g/mol. The van der Waals surface area contributed by atoms with Crippen LogP contribution in [0.1, 0.15) is 26.7 Å². The lowest BCUT2D eigenvalue weighted by Crippen LogP contribution is -2.11. The summed E-state index contributed by atoms with van der Waals surface area (Å²) in [7, 11) is 0. The van der Waals surface area contributed by atoms with E-state index in [-0.39, 0.29) is 12.1 Å². The molecule has 0 saturated heterocycles. The number of hydrogen-bond acceptors (Lipinski definition) is 4. The molecule has 0 rings (SSSR count). The molecular formula is C8H13NO3. The van der Waals surface area contributed by atoms with Crippen molar-refractivity contribution in [2.45, 2.75) is 32.8 Å². The standard InChI is InChI=1S/C8H13NO3/c1-7(2)12-8(11)4-3-5-9-6-10/h7H,3-5H2,1-2H3. The molecule has 0 heterocycles. The first-order chi connectivity index (χ1) is 5.66. The molecule has 0 aliphatic rings. The molecule has 0 atom stereocenters. The van der Waals surface area contributed by atoms with Gasteiger partial charge in [-0.25, -0.2) is 9.79 Å². The van der Waals surface area contributed by atoms with Gasteiger partial charge in [-0.05, 0) is 20.3 Å². The van der Waals surface area contributed by atoms with Gasteiger partial charge in [0.1, 0.15) is 0 Å². The third-order valence-corrected chi connectivity index (χ3v) is 1.08. The van der Waals surface area contributed by atoms with E-state index in [4.69, 9.17) is 4.74 Å². The smallest absolute Gasteiger partial charge is 0.306 e. The molecule has 0 aliphatic carbocycles. The summed E-state index contributed by atoms with van der Waals surface area (Å²) >= 11 is 0. The van der Waals surface area contributed by atoms with Crippen LogP contribution in [0.15, 0.2) is 4.99 Å². The van der Waals surface area contributed by atoms with E-state index >= 15 is 0 Å². The third-order valence-electron chi connectivity index (χ3n) is 1.08. The number of aliphatic imine (C=N–C) groups is 1. The number of carbonyl (C=O) groups excluding carboxylic acids is 2. The summed E-state index contributed by atoms with van der Waals surface area (Å²) in [6, 6.07) is 0. The minimum atomic E-state index is -0.244. The molecule has 4 nitrogen and oxygen atoms in total. The Labute approximate surface area is 71.6 Å². The number of ether oxygens (including phenoxy) is 1. The van der Waals surface area contributed by atoms with Gasteiger partial charge in [-0.3, -0.25) is 4.79 Å². The Morgan fingerprint density at radius 1 is 1.58 bits per heavy atom. The summed E-state index contributed by atoms with van der Waals surface area (Å²) in [5.41, 5.74) is 0. The molecule has 0 radical (unpaired) electrons. The predicted octanol–water partition coefficient (Wildman–Crippen LogP) is 1.05. The van der Waals surface area contributed by atoms with Crippen LogP contribution in [-0.4, -0.2) is 24.7 Å². The second-order valence-electron chi connectivity index (χ2n) is 2.62. The summed E-state index contributed by atoms with van der Waals surface area (Å²) in [5.74, 6) is -0.244. The summed E-state index contributed by atoms with van der Waals surface area (Å²) in [5, 5.41) is 0. The lowest BCUT2D eigenvalue weighted by Gasteiger charge is -2.06. The van der Waals surface area contributed by atoms with Gasteiger partial charge in [-0.1, -0.05) is 0 Å². The molecule has 0 bridgehead atoms. The zero-order chi connectivity index (χ0) is 9.40. The van der Waals surface area contributed by atoms with Crippen LogP contribution in [0.4, 0.5) is 0 Å². The lowest BCUT2D eigenvalue weighted by atomic mass is 10.3. The minimum absolute atomic E-state index is 0.0768. The van der Waals surface area contributed by atoms with E-state index in [1.165, 1.54) is 6.08 Å². The van der Waals surface area contributed by atoms with Crippen molar-refractivity contribution >= 4 is 12.0 Å². The first-order valence-corrected chi connectivity index (χ1v) is 3.90. The van der Waals surface area contributed by atoms with Gasteiger partial charge in [-0.15, -0.1) is 0 Å². The van der Waals surface area contributed by atoms with E-state index in [1.807, 2.05) is 0 Å². The Morgan fingerprint density at radius 3 is 2.75 bits per heavy atom. The Bertz CT molecular complexity index is 183. The van der Waals surface area contributed by atoms with Crippen molar-refractivity contribution in [3.05, 3.63) is 0 Å². The van der Waals surface area contributed by atoms with Crippen molar-refractivity contribution in [3.8, 4) is 0 Å². The molecule has 0 amide bonds. The number of carbonyl (C=O) groups is 1. The fourth-order valence-corrected chi connectivity index (χ4v) is 0.670. The molecule has 0 fully saturated rings. The van der Waals surface area contributed by atoms with Gasteiger partial charge >= 0.3 is 5.97 Å². The maximum absolute atomic E-state index is 10.9. The number of nitrogens with zero attached hydrogens (tertiary/aromatic N) is 1. The normalized spacial score (nSPS) is 9.25. The van der Waals surface area contributed by atoms with Crippen LogP contribution in [-0.2, 0) is 14.3 Å². The fourth-order valence-electron chi connectivity index (χ4n) is 0.670. The molecule has 0 aromatic heterocycles. The van der Waals surface area contributed by atoms with Crippen LogP contribution in [0, 0.1) is 0 Å². The van der Waals surface area contributed by atoms with Crippen molar-refractivity contribution in [2.75, 3.05) is 6.54 Å². The quantitative estimate of drug-likeness (QED) is 0.269. The van der Waals surface area contributed by atoms with Crippen molar-refractivity contribution in [1.82, 2.24) is 0 Å². The Balaban J connectivity index is 3.37. The summed E-state index contributed by atoms with van der Waals surface area (Å²) in [6.45, 7) is 3.93. The van der Waals surface area contributed by atoms with E-state index < -0.39 is 0 Å². The molecule has 68 valence electrons. The molecule has 0 saturated carbocycles. The molecule has 0 aromatic rings. The van der Waals surface area contributed by atoms with E-state index in [9.17, 15) is 9.59 Å². The van der Waals surface area contributed by atoms with Gasteiger partial charge in [0.25, 0.3) is 0 Å². The molecule has 4 heteroatoms. The van der Waals surface area contributed by atoms with Crippen LogP contribution in [0.3, 0.4) is 0 Å². The average Bonchev–Trinajstić information content (AvgIpc) is 1.97.